The fourth-order valence-electron chi connectivity index (χ4n) is 1.56. The topological polar surface area (TPSA) is 26.3 Å². The molecule has 106 valence electrons. The molecule has 0 unspecified atom stereocenters. The van der Waals surface area contributed by atoms with Crippen LogP contribution in [0.15, 0.2) is 24.3 Å². The van der Waals surface area contributed by atoms with Gasteiger partial charge in [0.05, 0.1) is 0 Å². The van der Waals surface area contributed by atoms with Gasteiger partial charge in [-0.1, -0.05) is 39.0 Å². The van der Waals surface area contributed by atoms with Crippen molar-refractivity contribution >= 4 is 5.78 Å². The van der Waals surface area contributed by atoms with Crippen molar-refractivity contribution in [1.82, 2.24) is 0 Å². The maximum Gasteiger partial charge on any atom is 0.573 e. The molecule has 0 aromatic heterocycles. The van der Waals surface area contributed by atoms with E-state index in [1.54, 1.807) is 26.8 Å². The number of aryl methyl sites for hydroxylation is 1. The summed E-state index contributed by atoms with van der Waals surface area (Å²) in [6, 6.07) is 5.89. The van der Waals surface area contributed by atoms with Crippen molar-refractivity contribution in [2.24, 2.45) is 5.41 Å². The maximum atomic E-state index is 12.2. The zero-order valence-electron chi connectivity index (χ0n) is 11.2. The van der Waals surface area contributed by atoms with Crippen LogP contribution in [0.5, 0.6) is 5.75 Å². The first kappa shape index (κ1) is 15.5. The average Bonchev–Trinajstić information content (AvgIpc) is 2.24. The molecule has 1 aromatic rings. The molecule has 19 heavy (non-hydrogen) atoms. The van der Waals surface area contributed by atoms with Crippen molar-refractivity contribution in [2.45, 2.75) is 40.0 Å². The van der Waals surface area contributed by atoms with Gasteiger partial charge in [0.15, 0.2) is 0 Å². The zero-order chi connectivity index (χ0) is 14.7. The maximum absolute atomic E-state index is 12.2. The second-order valence-corrected chi connectivity index (χ2v) is 5.33. The van der Waals surface area contributed by atoms with Gasteiger partial charge in [-0.05, 0) is 18.1 Å². The molecule has 0 spiro atoms. The number of alkyl halides is 3. The number of halogens is 3. The molecule has 0 saturated heterocycles. The Balaban J connectivity index is 2.77. The standard InChI is InChI=1S/C14H17F3O2/c1-13(2,3)12(18)9-8-10-6-4-5-7-11(10)19-14(15,16)17/h4-7H,8-9H2,1-3H3. The highest BCUT2D eigenvalue weighted by molar-refractivity contribution is 5.83. The van der Waals surface area contributed by atoms with E-state index in [1.165, 1.54) is 18.2 Å². The first-order chi connectivity index (χ1) is 8.59. The SMILES string of the molecule is CC(C)(C)C(=O)CCc1ccccc1OC(F)(F)F. The summed E-state index contributed by atoms with van der Waals surface area (Å²) in [4.78, 5) is 11.8. The second-order valence-electron chi connectivity index (χ2n) is 5.33. The molecule has 0 radical (unpaired) electrons. The number of carbonyl (C=O) groups excluding carboxylic acids is 1. The van der Waals surface area contributed by atoms with Crippen molar-refractivity contribution in [1.29, 1.82) is 0 Å². The highest BCUT2D eigenvalue weighted by Gasteiger charge is 2.32. The van der Waals surface area contributed by atoms with Crippen molar-refractivity contribution in [3.8, 4) is 5.75 Å². The summed E-state index contributed by atoms with van der Waals surface area (Å²) in [5, 5.41) is 0. The van der Waals surface area contributed by atoms with Gasteiger partial charge in [0.2, 0.25) is 0 Å². The monoisotopic (exact) mass is 274 g/mol. The molecule has 5 heteroatoms. The third-order valence-corrected chi connectivity index (χ3v) is 2.66. The summed E-state index contributed by atoms with van der Waals surface area (Å²) in [6.07, 6.45) is -4.28. The van der Waals surface area contributed by atoms with Crippen LogP contribution in [0, 0.1) is 5.41 Å². The zero-order valence-corrected chi connectivity index (χ0v) is 11.2. The van der Waals surface area contributed by atoms with E-state index in [0.717, 1.165) is 0 Å². The molecule has 0 atom stereocenters. The summed E-state index contributed by atoms with van der Waals surface area (Å²) >= 11 is 0. The first-order valence-electron chi connectivity index (χ1n) is 5.96. The van der Waals surface area contributed by atoms with Gasteiger partial charge in [-0.15, -0.1) is 13.2 Å². The quantitative estimate of drug-likeness (QED) is 0.825. The van der Waals surface area contributed by atoms with E-state index >= 15 is 0 Å². The molecule has 0 heterocycles. The normalized spacial score (nSPS) is 12.3. The number of para-hydroxylation sites is 1. The van der Waals surface area contributed by atoms with Crippen LogP contribution in [0.2, 0.25) is 0 Å². The Morgan fingerprint density at radius 3 is 2.26 bits per heavy atom. The van der Waals surface area contributed by atoms with E-state index in [9.17, 15) is 18.0 Å². The number of carbonyl (C=O) groups is 1. The van der Waals surface area contributed by atoms with Gasteiger partial charge >= 0.3 is 6.36 Å². The Hall–Kier alpha value is -1.52. The van der Waals surface area contributed by atoms with Crippen molar-refractivity contribution in [2.75, 3.05) is 0 Å². The fraction of sp³-hybridized carbons (Fsp3) is 0.500. The molecule has 0 aliphatic carbocycles. The van der Waals surface area contributed by atoms with Crippen molar-refractivity contribution < 1.29 is 22.7 Å². The number of Topliss-reactive ketones (excluding diaryl/α,β-unsaturated/α-hetero) is 1. The minimum Gasteiger partial charge on any atom is -0.406 e. The number of rotatable bonds is 4. The lowest BCUT2D eigenvalue weighted by molar-refractivity contribution is -0.274. The van der Waals surface area contributed by atoms with Gasteiger partial charge in [-0.3, -0.25) is 4.79 Å². The number of benzene rings is 1. The number of hydrogen-bond acceptors (Lipinski definition) is 2. The Labute approximate surface area is 110 Å². The van der Waals surface area contributed by atoms with Crippen LogP contribution in [0.4, 0.5) is 13.2 Å². The predicted molar refractivity (Wildman–Crippen MR) is 65.9 cm³/mol. The highest BCUT2D eigenvalue weighted by Crippen LogP contribution is 2.28. The molecule has 0 amide bonds. The summed E-state index contributed by atoms with van der Waals surface area (Å²) in [6.45, 7) is 5.36. The van der Waals surface area contributed by atoms with Gasteiger partial charge in [-0.2, -0.15) is 0 Å². The van der Waals surface area contributed by atoms with Crippen LogP contribution in [-0.2, 0) is 11.2 Å². The van der Waals surface area contributed by atoms with E-state index in [4.69, 9.17) is 0 Å². The third-order valence-electron chi connectivity index (χ3n) is 2.66. The lowest BCUT2D eigenvalue weighted by Crippen LogP contribution is -2.21. The summed E-state index contributed by atoms with van der Waals surface area (Å²) in [5.74, 6) is -0.231. The molecule has 0 aliphatic rings. The summed E-state index contributed by atoms with van der Waals surface area (Å²) < 4.78 is 40.6. The van der Waals surface area contributed by atoms with Crippen LogP contribution in [0.1, 0.15) is 32.8 Å². The fourth-order valence-corrected chi connectivity index (χ4v) is 1.56. The van der Waals surface area contributed by atoms with Crippen LogP contribution in [0.3, 0.4) is 0 Å². The largest absolute Gasteiger partial charge is 0.573 e. The van der Waals surface area contributed by atoms with Gasteiger partial charge < -0.3 is 4.74 Å². The molecule has 0 fully saturated rings. The molecule has 1 rings (SSSR count). The number of hydrogen-bond donors (Lipinski definition) is 0. The molecular weight excluding hydrogens is 257 g/mol. The second kappa shape index (κ2) is 5.63. The highest BCUT2D eigenvalue weighted by atomic mass is 19.4. The van der Waals surface area contributed by atoms with E-state index in [0.29, 0.717) is 5.56 Å². The summed E-state index contributed by atoms with van der Waals surface area (Å²) in [5.41, 5.74) is -0.0998. The smallest absolute Gasteiger partial charge is 0.406 e. The molecular formula is C14H17F3O2. The van der Waals surface area contributed by atoms with Crippen LogP contribution < -0.4 is 4.74 Å². The van der Waals surface area contributed by atoms with Crippen molar-refractivity contribution in [3.63, 3.8) is 0 Å². The minimum absolute atomic E-state index is 0.00862. The Morgan fingerprint density at radius 1 is 1.16 bits per heavy atom. The van der Waals surface area contributed by atoms with E-state index in [1.807, 2.05) is 0 Å². The van der Waals surface area contributed by atoms with Gasteiger partial charge in [0.25, 0.3) is 0 Å². The van der Waals surface area contributed by atoms with Crippen molar-refractivity contribution in [3.05, 3.63) is 29.8 Å². The predicted octanol–water partition coefficient (Wildman–Crippen LogP) is 4.13. The Kier molecular flexibility index (Phi) is 4.61. The third kappa shape index (κ3) is 5.32. The average molecular weight is 274 g/mol. The Morgan fingerprint density at radius 2 is 1.74 bits per heavy atom. The number of ketones is 1. The van der Waals surface area contributed by atoms with Crippen LogP contribution >= 0.6 is 0 Å². The molecule has 0 aliphatic heterocycles. The van der Waals surface area contributed by atoms with E-state index in [-0.39, 0.29) is 24.4 Å². The van der Waals surface area contributed by atoms with E-state index < -0.39 is 11.8 Å². The lowest BCUT2D eigenvalue weighted by Gasteiger charge is -2.17. The van der Waals surface area contributed by atoms with E-state index in [2.05, 4.69) is 4.74 Å². The Bertz CT molecular complexity index is 445. The van der Waals surface area contributed by atoms with Crippen LogP contribution in [-0.4, -0.2) is 12.1 Å². The molecule has 1 aromatic carbocycles. The van der Waals surface area contributed by atoms with Gasteiger partial charge in [0.1, 0.15) is 11.5 Å². The molecule has 0 bridgehead atoms. The molecule has 0 saturated carbocycles. The first-order valence-corrected chi connectivity index (χ1v) is 5.96. The minimum atomic E-state index is -4.72. The molecule has 0 N–H and O–H groups in total. The van der Waals surface area contributed by atoms with Gasteiger partial charge in [0, 0.05) is 11.8 Å². The molecule has 2 nitrogen and oxygen atoms in total. The summed E-state index contributed by atoms with van der Waals surface area (Å²) in [7, 11) is 0. The van der Waals surface area contributed by atoms with Gasteiger partial charge in [-0.25, -0.2) is 0 Å². The van der Waals surface area contributed by atoms with Crippen LogP contribution in [0.25, 0.3) is 0 Å². The lowest BCUT2D eigenvalue weighted by atomic mass is 9.87. The number of ether oxygens (including phenoxy) is 1.